The number of aromatic nitrogens is 2. The van der Waals surface area contributed by atoms with Gasteiger partial charge in [-0.15, -0.1) is 0 Å². The summed E-state index contributed by atoms with van der Waals surface area (Å²) in [6, 6.07) is 0. The first-order valence-corrected chi connectivity index (χ1v) is 3.26. The summed E-state index contributed by atoms with van der Waals surface area (Å²) in [6.45, 7) is 0.296. The van der Waals surface area contributed by atoms with Crippen LogP contribution in [0.25, 0.3) is 0 Å². The van der Waals surface area contributed by atoms with Crippen LogP contribution in [-0.2, 0) is 4.79 Å². The molecular formula is C6H7N4O+. The van der Waals surface area contributed by atoms with Crippen molar-refractivity contribution in [3.63, 3.8) is 0 Å². The van der Waals surface area contributed by atoms with E-state index < -0.39 is 0 Å². The highest BCUT2D eigenvalue weighted by atomic mass is 16.2. The molecule has 2 rings (SSSR count). The molecule has 0 aliphatic carbocycles. The maximum Gasteiger partial charge on any atom is 0.286 e. The highest BCUT2D eigenvalue weighted by Gasteiger charge is 2.18. The largest absolute Gasteiger partial charge is 0.338 e. The van der Waals surface area contributed by atoms with Crippen molar-refractivity contribution in [1.29, 1.82) is 0 Å². The summed E-state index contributed by atoms with van der Waals surface area (Å²) < 4.78 is 0. The Labute approximate surface area is 62.9 Å². The molecule has 2 heterocycles. The standard InChI is InChI=1S/C6H6N4O/c11-5-2-8-6-4(10-5)1-7-3-9-6/h1,3H,2H2,(H,10,11)(H,7,8,9)/p+1. The van der Waals surface area contributed by atoms with Gasteiger partial charge < -0.3 is 10.6 Å². The molecule has 1 aliphatic heterocycles. The average Bonchev–Trinajstić information content (AvgIpc) is 2.04. The van der Waals surface area contributed by atoms with Gasteiger partial charge in [0.05, 0.1) is 6.54 Å². The van der Waals surface area contributed by atoms with Gasteiger partial charge in [-0.25, -0.2) is 4.98 Å². The topological polar surface area (TPSA) is 68.2 Å². The van der Waals surface area contributed by atoms with Crippen molar-refractivity contribution in [2.24, 2.45) is 0 Å². The Balaban J connectivity index is 2.41. The minimum absolute atomic E-state index is 0.0427. The normalized spacial score (nSPS) is 14.7. The summed E-state index contributed by atoms with van der Waals surface area (Å²) in [5.41, 5.74) is 0.698. The van der Waals surface area contributed by atoms with Gasteiger partial charge in [0.25, 0.3) is 12.1 Å². The maximum atomic E-state index is 10.8. The molecule has 0 atom stereocenters. The van der Waals surface area contributed by atoms with Crippen molar-refractivity contribution in [3.05, 3.63) is 12.5 Å². The van der Waals surface area contributed by atoms with Crippen LogP contribution in [0, 0.1) is 0 Å². The number of hydrogen-bond donors (Lipinski definition) is 2. The predicted octanol–water partition coefficient (Wildman–Crippen LogP) is -0.740. The van der Waals surface area contributed by atoms with Crippen LogP contribution >= 0.6 is 0 Å². The molecule has 1 amide bonds. The molecule has 0 saturated heterocycles. The van der Waals surface area contributed by atoms with E-state index in [9.17, 15) is 4.79 Å². The lowest BCUT2D eigenvalue weighted by Gasteiger charge is -2.11. The Hall–Kier alpha value is -1.65. The lowest BCUT2D eigenvalue weighted by molar-refractivity contribution is -0.381. The number of nitrogens with one attached hydrogen (secondary N) is 3. The third-order valence-electron chi connectivity index (χ3n) is 1.44. The van der Waals surface area contributed by atoms with E-state index in [1.165, 1.54) is 0 Å². The highest BCUT2D eigenvalue weighted by molar-refractivity contribution is 5.99. The zero-order valence-electron chi connectivity index (χ0n) is 5.72. The van der Waals surface area contributed by atoms with Crippen LogP contribution in [0.4, 0.5) is 11.5 Å². The summed E-state index contributed by atoms with van der Waals surface area (Å²) in [5, 5.41) is 5.53. The number of aromatic amines is 1. The fourth-order valence-corrected chi connectivity index (χ4v) is 0.955. The Morgan fingerprint density at radius 3 is 3.45 bits per heavy atom. The number of carbonyl (C=O) groups excluding carboxylic acids is 1. The fourth-order valence-electron chi connectivity index (χ4n) is 0.955. The first-order valence-electron chi connectivity index (χ1n) is 3.26. The molecule has 11 heavy (non-hydrogen) atoms. The number of amides is 1. The van der Waals surface area contributed by atoms with Crippen LogP contribution in [0.15, 0.2) is 12.5 Å². The van der Waals surface area contributed by atoms with Crippen LogP contribution in [0.2, 0.25) is 0 Å². The van der Waals surface area contributed by atoms with Gasteiger partial charge in [0.2, 0.25) is 5.91 Å². The molecule has 0 aromatic carbocycles. The Morgan fingerprint density at radius 2 is 2.55 bits per heavy atom. The minimum atomic E-state index is -0.0427. The molecule has 1 aliphatic rings. The van der Waals surface area contributed by atoms with Crippen molar-refractivity contribution in [1.82, 2.24) is 4.98 Å². The number of nitrogens with zero attached hydrogens (tertiary/aromatic N) is 1. The number of rotatable bonds is 0. The lowest BCUT2D eigenvalue weighted by atomic mass is 10.3. The zero-order chi connectivity index (χ0) is 7.68. The summed E-state index contributed by atoms with van der Waals surface area (Å²) >= 11 is 0. The van der Waals surface area contributed by atoms with Crippen LogP contribution in [-0.4, -0.2) is 17.4 Å². The minimum Gasteiger partial charge on any atom is -0.338 e. The third kappa shape index (κ3) is 1.000. The fraction of sp³-hybridized carbons (Fsp3) is 0.167. The molecule has 0 spiro atoms. The van der Waals surface area contributed by atoms with Crippen molar-refractivity contribution in [2.75, 3.05) is 17.2 Å². The van der Waals surface area contributed by atoms with Gasteiger partial charge in [-0.3, -0.25) is 4.79 Å². The van der Waals surface area contributed by atoms with E-state index in [0.29, 0.717) is 18.1 Å². The van der Waals surface area contributed by atoms with Crippen molar-refractivity contribution in [2.45, 2.75) is 0 Å². The maximum absolute atomic E-state index is 10.8. The number of H-pyrrole nitrogens is 1. The number of carbonyl (C=O) groups is 1. The summed E-state index contributed by atoms with van der Waals surface area (Å²) in [4.78, 5) is 17.6. The van der Waals surface area contributed by atoms with Gasteiger partial charge in [-0.1, -0.05) is 0 Å². The first kappa shape index (κ1) is 6.09. The molecule has 1 aromatic rings. The summed E-state index contributed by atoms with van der Waals surface area (Å²) in [6.07, 6.45) is 3.25. The van der Waals surface area contributed by atoms with E-state index >= 15 is 0 Å². The molecule has 1 aromatic heterocycles. The Bertz CT molecular complexity index is 298. The van der Waals surface area contributed by atoms with Gasteiger partial charge in [0.15, 0.2) is 5.69 Å². The van der Waals surface area contributed by atoms with Gasteiger partial charge in [0.1, 0.15) is 6.20 Å². The molecule has 3 N–H and O–H groups in total. The van der Waals surface area contributed by atoms with E-state index in [4.69, 9.17) is 0 Å². The Kier molecular flexibility index (Phi) is 1.21. The van der Waals surface area contributed by atoms with Crippen LogP contribution in [0.1, 0.15) is 0 Å². The quantitative estimate of drug-likeness (QED) is 0.513. The molecule has 5 heteroatoms. The average molecular weight is 151 g/mol. The van der Waals surface area contributed by atoms with Crippen LogP contribution in [0.5, 0.6) is 0 Å². The first-order chi connectivity index (χ1) is 5.36. The number of hydrogen-bond acceptors (Lipinski definition) is 3. The molecule has 56 valence electrons. The van der Waals surface area contributed by atoms with Crippen LogP contribution < -0.4 is 15.6 Å². The van der Waals surface area contributed by atoms with Crippen molar-refractivity contribution >= 4 is 17.4 Å². The van der Waals surface area contributed by atoms with E-state index in [-0.39, 0.29) is 5.91 Å². The molecule has 0 bridgehead atoms. The van der Waals surface area contributed by atoms with E-state index in [1.807, 2.05) is 0 Å². The smallest absolute Gasteiger partial charge is 0.286 e. The van der Waals surface area contributed by atoms with E-state index in [1.54, 1.807) is 12.5 Å². The Morgan fingerprint density at radius 1 is 1.64 bits per heavy atom. The van der Waals surface area contributed by atoms with E-state index in [2.05, 4.69) is 20.6 Å². The molecule has 0 fully saturated rings. The second-order valence-electron chi connectivity index (χ2n) is 2.23. The van der Waals surface area contributed by atoms with E-state index in [0.717, 1.165) is 0 Å². The zero-order valence-corrected chi connectivity index (χ0v) is 5.72. The van der Waals surface area contributed by atoms with Crippen LogP contribution in [0.3, 0.4) is 0 Å². The van der Waals surface area contributed by atoms with Gasteiger partial charge >= 0.3 is 0 Å². The highest BCUT2D eigenvalue weighted by Crippen LogP contribution is 2.17. The van der Waals surface area contributed by atoms with Crippen molar-refractivity contribution < 1.29 is 9.78 Å². The third-order valence-corrected chi connectivity index (χ3v) is 1.44. The predicted molar refractivity (Wildman–Crippen MR) is 37.9 cm³/mol. The molecule has 0 saturated carbocycles. The summed E-state index contributed by atoms with van der Waals surface area (Å²) in [5.74, 6) is 0.669. The SMILES string of the molecule is O=C1CNc2nc[nH+]cc2N1. The second-order valence-corrected chi connectivity index (χ2v) is 2.23. The molecule has 0 unspecified atom stereocenters. The van der Waals surface area contributed by atoms with Gasteiger partial charge in [-0.05, 0) is 4.98 Å². The monoisotopic (exact) mass is 151 g/mol. The molecular weight excluding hydrogens is 144 g/mol. The van der Waals surface area contributed by atoms with Crippen molar-refractivity contribution in [3.8, 4) is 0 Å². The van der Waals surface area contributed by atoms with Gasteiger partial charge in [0, 0.05) is 0 Å². The molecule has 0 radical (unpaired) electrons. The molecule has 5 nitrogen and oxygen atoms in total. The lowest BCUT2D eigenvalue weighted by Crippen LogP contribution is -2.29. The number of anilines is 2. The summed E-state index contributed by atoms with van der Waals surface area (Å²) in [7, 11) is 0. The number of fused-ring (bicyclic) bond motifs is 1. The van der Waals surface area contributed by atoms with Gasteiger partial charge in [-0.2, -0.15) is 0 Å². The second kappa shape index (κ2) is 2.19.